The van der Waals surface area contributed by atoms with Gasteiger partial charge in [-0.05, 0) is 40.6 Å². The first-order chi connectivity index (χ1) is 14.8. The van der Waals surface area contributed by atoms with Crippen LogP contribution < -0.4 is 10.4 Å². The zero-order valence-electron chi connectivity index (χ0n) is 19.2. The summed E-state index contributed by atoms with van der Waals surface area (Å²) in [4.78, 5) is 11.6. The molecule has 2 aromatic rings. The fraction of sp³-hybridized carbons (Fsp3) is 0.500. The maximum Gasteiger partial charge on any atom is 0.302 e. The molecule has 1 N–H and O–H groups in total. The summed E-state index contributed by atoms with van der Waals surface area (Å²) >= 11 is 0. The molecule has 0 saturated heterocycles. The number of carbonyl (C=O) groups is 1. The molecule has 0 bridgehead atoms. The average molecular weight is 441 g/mol. The summed E-state index contributed by atoms with van der Waals surface area (Å²) in [5, 5.41) is 12.1. The van der Waals surface area contributed by atoms with Gasteiger partial charge in [-0.2, -0.15) is 0 Å². The number of hydrogen-bond donors (Lipinski definition) is 1. The Labute approximate surface area is 187 Å². The lowest BCUT2D eigenvalue weighted by Crippen LogP contribution is -2.67. The van der Waals surface area contributed by atoms with E-state index in [0.717, 1.165) is 12.8 Å². The summed E-state index contributed by atoms with van der Waals surface area (Å²) in [6, 6.07) is 21.3. The second-order valence-corrected chi connectivity index (χ2v) is 13.9. The molecule has 0 aliphatic heterocycles. The topological polar surface area (TPSA) is 55.8 Å². The third-order valence-electron chi connectivity index (χ3n) is 6.62. The van der Waals surface area contributed by atoms with E-state index in [1.165, 1.54) is 17.3 Å². The van der Waals surface area contributed by atoms with E-state index in [1.807, 2.05) is 12.1 Å². The smallest absolute Gasteiger partial charge is 0.302 e. The Kier molecular flexibility index (Phi) is 7.73. The molecule has 1 aliphatic carbocycles. The SMILES string of the molecule is CC(=O)O[C@@H]1CC[C@@H](CO[Si](c2ccccc2)(c2ccccc2)C(C)(C)C)[C@@H]1CCO. The number of ether oxygens (including phenoxy) is 1. The normalized spacial score (nSPS) is 21.8. The summed E-state index contributed by atoms with van der Waals surface area (Å²) < 4.78 is 12.7. The predicted molar refractivity (Wildman–Crippen MR) is 127 cm³/mol. The van der Waals surface area contributed by atoms with E-state index in [4.69, 9.17) is 9.16 Å². The number of aliphatic hydroxyl groups is 1. The Hall–Kier alpha value is -1.95. The molecule has 1 fully saturated rings. The van der Waals surface area contributed by atoms with Crippen molar-refractivity contribution in [3.63, 3.8) is 0 Å². The maximum absolute atomic E-state index is 11.6. The van der Waals surface area contributed by atoms with E-state index < -0.39 is 8.32 Å². The van der Waals surface area contributed by atoms with Gasteiger partial charge in [-0.15, -0.1) is 0 Å². The molecule has 2 aromatic carbocycles. The molecule has 1 aliphatic rings. The highest BCUT2D eigenvalue weighted by Crippen LogP contribution is 2.41. The summed E-state index contributed by atoms with van der Waals surface area (Å²) in [7, 11) is -2.59. The quantitative estimate of drug-likeness (QED) is 0.500. The molecular weight excluding hydrogens is 404 g/mol. The molecule has 5 heteroatoms. The summed E-state index contributed by atoms with van der Waals surface area (Å²) in [5.41, 5.74) is 0. The number of aliphatic hydroxyl groups excluding tert-OH is 1. The first-order valence-electron chi connectivity index (χ1n) is 11.3. The molecule has 1 saturated carbocycles. The van der Waals surface area contributed by atoms with Crippen LogP contribution in [-0.4, -0.2) is 38.7 Å². The molecule has 3 rings (SSSR count). The van der Waals surface area contributed by atoms with Gasteiger partial charge in [0, 0.05) is 26.1 Å². The average Bonchev–Trinajstić information content (AvgIpc) is 3.10. The van der Waals surface area contributed by atoms with Crippen molar-refractivity contribution in [1.29, 1.82) is 0 Å². The van der Waals surface area contributed by atoms with Crippen LogP contribution in [0, 0.1) is 11.8 Å². The third kappa shape index (κ3) is 5.11. The van der Waals surface area contributed by atoms with Crippen LogP contribution in [0.2, 0.25) is 5.04 Å². The second-order valence-electron chi connectivity index (χ2n) is 9.64. The van der Waals surface area contributed by atoms with Crippen molar-refractivity contribution >= 4 is 24.7 Å². The Morgan fingerprint density at radius 2 is 1.55 bits per heavy atom. The number of hydrogen-bond acceptors (Lipinski definition) is 4. The molecule has 0 aromatic heterocycles. The van der Waals surface area contributed by atoms with Crippen LogP contribution in [-0.2, 0) is 14.0 Å². The van der Waals surface area contributed by atoms with Crippen molar-refractivity contribution in [3.8, 4) is 0 Å². The van der Waals surface area contributed by atoms with Crippen molar-refractivity contribution < 1.29 is 19.1 Å². The highest BCUT2D eigenvalue weighted by molar-refractivity contribution is 6.99. The highest BCUT2D eigenvalue weighted by Gasteiger charge is 2.51. The standard InChI is InChI=1S/C26H36O4Si/c1-20(28)30-25-16-15-21(24(25)17-18-27)19-29-31(26(2,3)4,22-11-7-5-8-12-22)23-13-9-6-10-14-23/h5-14,21,24-25,27H,15-19H2,1-4H3/t21-,24-,25+/m0/s1. The van der Waals surface area contributed by atoms with Gasteiger partial charge in [0.25, 0.3) is 8.32 Å². The van der Waals surface area contributed by atoms with Crippen molar-refractivity contribution in [1.82, 2.24) is 0 Å². The first kappa shape index (κ1) is 23.7. The fourth-order valence-electron chi connectivity index (χ4n) is 5.24. The molecule has 168 valence electrons. The van der Waals surface area contributed by atoms with E-state index >= 15 is 0 Å². The molecule has 0 heterocycles. The van der Waals surface area contributed by atoms with Gasteiger partial charge in [0.1, 0.15) is 6.10 Å². The molecule has 31 heavy (non-hydrogen) atoms. The first-order valence-corrected chi connectivity index (χ1v) is 13.2. The van der Waals surface area contributed by atoms with Crippen LogP contribution >= 0.6 is 0 Å². The number of carbonyl (C=O) groups excluding carboxylic acids is 1. The van der Waals surface area contributed by atoms with Gasteiger partial charge in [0.05, 0.1) is 0 Å². The predicted octanol–water partition coefficient (Wildman–Crippen LogP) is 3.90. The van der Waals surface area contributed by atoms with E-state index in [9.17, 15) is 9.90 Å². The van der Waals surface area contributed by atoms with E-state index in [2.05, 4.69) is 69.3 Å². The molecule has 0 spiro atoms. The zero-order chi connectivity index (χ0) is 22.5. The minimum atomic E-state index is -2.59. The Morgan fingerprint density at radius 1 is 1.00 bits per heavy atom. The van der Waals surface area contributed by atoms with E-state index in [0.29, 0.717) is 13.0 Å². The van der Waals surface area contributed by atoms with Crippen LogP contribution in [0.25, 0.3) is 0 Å². The van der Waals surface area contributed by atoms with E-state index in [1.54, 1.807) is 0 Å². The maximum atomic E-state index is 11.6. The Balaban J connectivity index is 1.95. The van der Waals surface area contributed by atoms with Gasteiger partial charge >= 0.3 is 5.97 Å². The lowest BCUT2D eigenvalue weighted by Gasteiger charge is -2.44. The third-order valence-corrected chi connectivity index (χ3v) is 11.6. The lowest BCUT2D eigenvalue weighted by molar-refractivity contribution is -0.148. The Bertz CT molecular complexity index is 792. The van der Waals surface area contributed by atoms with Crippen LogP contribution in [0.5, 0.6) is 0 Å². The molecule has 0 radical (unpaired) electrons. The molecule has 4 nitrogen and oxygen atoms in total. The van der Waals surface area contributed by atoms with E-state index in [-0.39, 0.29) is 35.6 Å². The largest absolute Gasteiger partial charge is 0.462 e. The molecule has 0 amide bonds. The number of rotatable bonds is 8. The van der Waals surface area contributed by atoms with Gasteiger partial charge in [0.15, 0.2) is 0 Å². The fourth-order valence-corrected chi connectivity index (χ4v) is 9.86. The minimum Gasteiger partial charge on any atom is -0.462 e. The van der Waals surface area contributed by atoms with Gasteiger partial charge < -0.3 is 14.3 Å². The monoisotopic (exact) mass is 440 g/mol. The Morgan fingerprint density at radius 3 is 2.00 bits per heavy atom. The molecule has 3 atom stereocenters. The van der Waals surface area contributed by atoms with Crippen molar-refractivity contribution in [2.45, 2.75) is 58.1 Å². The van der Waals surface area contributed by atoms with Crippen molar-refractivity contribution in [2.24, 2.45) is 11.8 Å². The molecular formula is C26H36O4Si. The summed E-state index contributed by atoms with van der Waals surface area (Å²) in [6.45, 7) is 9.00. The van der Waals surface area contributed by atoms with Gasteiger partial charge in [-0.1, -0.05) is 81.4 Å². The summed E-state index contributed by atoms with van der Waals surface area (Å²) in [6.07, 6.45) is 2.28. The van der Waals surface area contributed by atoms with Crippen LogP contribution in [0.15, 0.2) is 60.7 Å². The van der Waals surface area contributed by atoms with Crippen LogP contribution in [0.3, 0.4) is 0 Å². The minimum absolute atomic E-state index is 0.0733. The lowest BCUT2D eigenvalue weighted by atomic mass is 9.92. The number of benzene rings is 2. The van der Waals surface area contributed by atoms with Gasteiger partial charge in [-0.25, -0.2) is 0 Å². The number of esters is 1. The van der Waals surface area contributed by atoms with Crippen molar-refractivity contribution in [2.75, 3.05) is 13.2 Å². The zero-order valence-corrected chi connectivity index (χ0v) is 20.2. The van der Waals surface area contributed by atoms with Crippen LogP contribution in [0.4, 0.5) is 0 Å². The summed E-state index contributed by atoms with van der Waals surface area (Å²) in [5.74, 6) is 0.145. The highest BCUT2D eigenvalue weighted by atomic mass is 28.4. The molecule has 0 unspecified atom stereocenters. The van der Waals surface area contributed by atoms with Gasteiger partial charge in [-0.3, -0.25) is 4.79 Å². The second kappa shape index (κ2) is 10.1. The van der Waals surface area contributed by atoms with Crippen molar-refractivity contribution in [3.05, 3.63) is 60.7 Å². The van der Waals surface area contributed by atoms with Crippen LogP contribution in [0.1, 0.15) is 47.0 Å². The van der Waals surface area contributed by atoms with Gasteiger partial charge in [0.2, 0.25) is 0 Å².